The minimum atomic E-state index is -3.71. The van der Waals surface area contributed by atoms with Gasteiger partial charge in [-0.2, -0.15) is 20.5 Å². The fourth-order valence-corrected chi connectivity index (χ4v) is 0.706. The molecule has 1 nitrogen and oxygen atoms in total. The molecule has 0 N–H and O–H groups in total. The maximum Gasteiger partial charge on any atom is 0.396 e. The van der Waals surface area contributed by atoms with E-state index < -0.39 is 11.2 Å². The van der Waals surface area contributed by atoms with Crippen molar-refractivity contribution < 1.29 is 17.9 Å². The summed E-state index contributed by atoms with van der Waals surface area (Å²) in [5, 5.41) is -2.43. The minimum absolute atomic E-state index is 0.153. The van der Waals surface area contributed by atoms with E-state index in [1.165, 1.54) is 11.8 Å². The Morgan fingerprint density at radius 1 is 1.64 bits per heavy atom. The van der Waals surface area contributed by atoms with E-state index in [4.69, 9.17) is 0 Å². The second kappa shape index (κ2) is 5.27. The average molecular weight is 253 g/mol. The van der Waals surface area contributed by atoms with Gasteiger partial charge < -0.3 is 4.74 Å². The van der Waals surface area contributed by atoms with Crippen molar-refractivity contribution >= 4 is 27.7 Å². The second-order valence-corrected chi connectivity index (χ2v) is 3.49. The van der Waals surface area contributed by atoms with Gasteiger partial charge in [0.2, 0.25) is 5.08 Å². The second-order valence-electron chi connectivity index (χ2n) is 1.70. The minimum Gasteiger partial charge on any atom is -0.317 e. The molecule has 0 aliphatic heterocycles. The first-order valence-corrected chi connectivity index (χ1v) is 5.10. The van der Waals surface area contributed by atoms with Crippen LogP contribution in [0.15, 0.2) is 0 Å². The summed E-state index contributed by atoms with van der Waals surface area (Å²) in [4.78, 5) is 0. The van der Waals surface area contributed by atoms with Crippen LogP contribution in [0, 0.1) is 0 Å². The first-order chi connectivity index (χ1) is 5.00. The normalized spacial score (nSPS) is 15.0. The Bertz CT molecular complexity index is 112. The fourth-order valence-electron chi connectivity index (χ4n) is 0.324. The molecular formula is C5H8BrF3OS. The predicted molar refractivity (Wildman–Crippen MR) is 43.1 cm³/mol. The quantitative estimate of drug-likeness (QED) is 0.550. The summed E-state index contributed by atoms with van der Waals surface area (Å²) in [6.07, 6.45) is -1.96. The average Bonchev–Trinajstić information content (AvgIpc) is 1.88. The van der Waals surface area contributed by atoms with Crippen LogP contribution in [0.2, 0.25) is 0 Å². The molecule has 0 aromatic carbocycles. The van der Waals surface area contributed by atoms with Gasteiger partial charge in [0.1, 0.15) is 0 Å². The van der Waals surface area contributed by atoms with Crippen molar-refractivity contribution in [3.05, 3.63) is 0 Å². The Balaban J connectivity index is 3.55. The van der Waals surface area contributed by atoms with Gasteiger partial charge in [0, 0.05) is 5.75 Å². The third-order valence-electron chi connectivity index (χ3n) is 0.836. The SMILES string of the molecule is CSCCOC(F)(F)C(F)Br. The topological polar surface area (TPSA) is 9.23 Å². The van der Waals surface area contributed by atoms with E-state index in [1.807, 2.05) is 0 Å². The molecule has 0 bridgehead atoms. The van der Waals surface area contributed by atoms with Gasteiger partial charge in [0.25, 0.3) is 0 Å². The molecule has 0 saturated carbocycles. The highest BCUT2D eigenvalue weighted by Crippen LogP contribution is 2.27. The van der Waals surface area contributed by atoms with Crippen LogP contribution in [0.5, 0.6) is 0 Å². The molecule has 0 rings (SSSR count). The molecule has 0 aliphatic rings. The predicted octanol–water partition coefficient (Wildman–Crippen LogP) is 2.65. The zero-order chi connectivity index (χ0) is 8.91. The van der Waals surface area contributed by atoms with Crippen molar-refractivity contribution in [3.8, 4) is 0 Å². The molecule has 0 aliphatic carbocycles. The van der Waals surface area contributed by atoms with E-state index >= 15 is 0 Å². The lowest BCUT2D eigenvalue weighted by Crippen LogP contribution is -2.29. The summed E-state index contributed by atoms with van der Waals surface area (Å²) >= 11 is 3.46. The lowest BCUT2D eigenvalue weighted by atomic mass is 10.7. The van der Waals surface area contributed by atoms with Gasteiger partial charge >= 0.3 is 6.11 Å². The first-order valence-electron chi connectivity index (χ1n) is 2.79. The van der Waals surface area contributed by atoms with Crippen molar-refractivity contribution in [2.24, 2.45) is 0 Å². The molecular weight excluding hydrogens is 245 g/mol. The molecule has 0 heterocycles. The zero-order valence-corrected chi connectivity index (χ0v) is 8.22. The van der Waals surface area contributed by atoms with Crippen LogP contribution in [0.3, 0.4) is 0 Å². The Morgan fingerprint density at radius 2 is 2.18 bits per heavy atom. The van der Waals surface area contributed by atoms with Gasteiger partial charge in [-0.3, -0.25) is 0 Å². The van der Waals surface area contributed by atoms with Gasteiger partial charge in [-0.1, -0.05) is 0 Å². The number of hydrogen-bond acceptors (Lipinski definition) is 2. The fraction of sp³-hybridized carbons (Fsp3) is 1.00. The smallest absolute Gasteiger partial charge is 0.317 e. The van der Waals surface area contributed by atoms with Crippen molar-refractivity contribution in [2.45, 2.75) is 11.2 Å². The number of hydrogen-bond donors (Lipinski definition) is 0. The lowest BCUT2D eigenvalue weighted by molar-refractivity contribution is -0.250. The van der Waals surface area contributed by atoms with E-state index in [0.29, 0.717) is 5.75 Å². The monoisotopic (exact) mass is 252 g/mol. The molecule has 68 valence electrons. The largest absolute Gasteiger partial charge is 0.396 e. The van der Waals surface area contributed by atoms with Crippen LogP contribution in [-0.4, -0.2) is 29.8 Å². The summed E-state index contributed by atoms with van der Waals surface area (Å²) in [6, 6.07) is 0. The third kappa shape index (κ3) is 4.92. The van der Waals surface area contributed by atoms with Crippen LogP contribution in [-0.2, 0) is 4.74 Å². The van der Waals surface area contributed by atoms with Crippen LogP contribution >= 0.6 is 27.7 Å². The van der Waals surface area contributed by atoms with Crippen molar-refractivity contribution in [3.63, 3.8) is 0 Å². The molecule has 1 unspecified atom stereocenters. The van der Waals surface area contributed by atoms with Crippen molar-refractivity contribution in [2.75, 3.05) is 18.6 Å². The van der Waals surface area contributed by atoms with E-state index in [9.17, 15) is 13.2 Å². The summed E-state index contributed by atoms with van der Waals surface area (Å²) < 4.78 is 40.3. The molecule has 6 heteroatoms. The molecule has 0 saturated heterocycles. The summed E-state index contributed by atoms with van der Waals surface area (Å²) in [6.45, 7) is -0.153. The Kier molecular flexibility index (Phi) is 5.54. The van der Waals surface area contributed by atoms with Crippen LogP contribution in [0.25, 0.3) is 0 Å². The first kappa shape index (κ1) is 11.6. The molecule has 0 fully saturated rings. The molecule has 11 heavy (non-hydrogen) atoms. The lowest BCUT2D eigenvalue weighted by Gasteiger charge is -2.15. The van der Waals surface area contributed by atoms with Crippen molar-refractivity contribution in [1.29, 1.82) is 0 Å². The standard InChI is InChI=1S/C5H8BrF3OS/c1-11-3-2-10-5(8,9)4(6)7/h4H,2-3H2,1H3. The maximum atomic E-state index is 12.2. The zero-order valence-electron chi connectivity index (χ0n) is 5.82. The van der Waals surface area contributed by atoms with Crippen LogP contribution in [0.1, 0.15) is 0 Å². The van der Waals surface area contributed by atoms with Gasteiger partial charge in [0.05, 0.1) is 6.61 Å². The van der Waals surface area contributed by atoms with E-state index in [1.54, 1.807) is 6.26 Å². The molecule has 0 aromatic rings. The van der Waals surface area contributed by atoms with E-state index in [0.717, 1.165) is 0 Å². The van der Waals surface area contributed by atoms with E-state index in [2.05, 4.69) is 20.7 Å². The molecule has 0 spiro atoms. The molecule has 0 aromatic heterocycles. The number of ether oxygens (including phenoxy) is 1. The third-order valence-corrected chi connectivity index (χ3v) is 1.94. The highest BCUT2D eigenvalue weighted by molar-refractivity contribution is 9.09. The van der Waals surface area contributed by atoms with Gasteiger partial charge in [-0.15, -0.1) is 0 Å². The Morgan fingerprint density at radius 3 is 2.55 bits per heavy atom. The van der Waals surface area contributed by atoms with Crippen LogP contribution < -0.4 is 0 Å². The molecule has 1 atom stereocenters. The Hall–Kier alpha value is 0.580. The highest BCUT2D eigenvalue weighted by atomic mass is 79.9. The number of halogens is 4. The van der Waals surface area contributed by atoms with Gasteiger partial charge in [-0.25, -0.2) is 4.39 Å². The molecule has 0 amide bonds. The highest BCUT2D eigenvalue weighted by Gasteiger charge is 2.39. The summed E-state index contributed by atoms with van der Waals surface area (Å²) in [5.74, 6) is 0.426. The number of thioether (sulfide) groups is 1. The maximum absolute atomic E-state index is 12.2. The van der Waals surface area contributed by atoms with Crippen molar-refractivity contribution in [1.82, 2.24) is 0 Å². The van der Waals surface area contributed by atoms with Gasteiger partial charge in [0.15, 0.2) is 0 Å². The molecule has 0 radical (unpaired) electrons. The Labute approximate surface area is 75.8 Å². The summed E-state index contributed by atoms with van der Waals surface area (Å²) in [7, 11) is 0. The van der Waals surface area contributed by atoms with E-state index in [-0.39, 0.29) is 6.61 Å². The van der Waals surface area contributed by atoms with Gasteiger partial charge in [-0.05, 0) is 22.2 Å². The van der Waals surface area contributed by atoms with Crippen LogP contribution in [0.4, 0.5) is 13.2 Å². The summed E-state index contributed by atoms with van der Waals surface area (Å²) in [5.41, 5.74) is 0. The number of alkyl halides is 4. The number of rotatable bonds is 5.